The van der Waals surface area contributed by atoms with Crippen LogP contribution in [0, 0.1) is 0 Å². The Balaban J connectivity index is 1.87. The summed E-state index contributed by atoms with van der Waals surface area (Å²) in [6.45, 7) is 0. The van der Waals surface area contributed by atoms with E-state index in [0.29, 0.717) is 5.56 Å². The second-order valence-electron chi connectivity index (χ2n) is 6.43. The summed E-state index contributed by atoms with van der Waals surface area (Å²) in [5.41, 5.74) is 3.90. The van der Waals surface area contributed by atoms with Crippen LogP contribution in [0.15, 0.2) is 77.1 Å². The molecule has 0 aliphatic heterocycles. The lowest BCUT2D eigenvalue weighted by atomic mass is 9.99. The fraction of sp³-hybridized carbons (Fsp3) is 0.273. The van der Waals surface area contributed by atoms with Crippen LogP contribution in [0.4, 0.5) is 0 Å². The van der Waals surface area contributed by atoms with E-state index in [1.165, 1.54) is 0 Å². The largest absolute Gasteiger partial charge is 0.342 e. The lowest BCUT2D eigenvalue weighted by Gasteiger charge is -2.29. The highest BCUT2D eigenvalue weighted by molar-refractivity contribution is 6.00. The average molecular weight is 347 g/mol. The zero-order valence-corrected chi connectivity index (χ0v) is 15.4. The topological polar surface area (TPSA) is 44.7 Å². The number of hydrogen-bond acceptors (Lipinski definition) is 2. The van der Waals surface area contributed by atoms with Crippen molar-refractivity contribution in [1.29, 1.82) is 0 Å². The first-order valence-corrected chi connectivity index (χ1v) is 9.05. The quantitative estimate of drug-likeness (QED) is 0.665. The van der Waals surface area contributed by atoms with Crippen LogP contribution >= 0.6 is 0 Å². The molecular formula is C22H25N3O. The van der Waals surface area contributed by atoms with Crippen molar-refractivity contribution in [2.45, 2.75) is 25.7 Å². The molecule has 1 N–H and O–H groups in total. The van der Waals surface area contributed by atoms with Crippen LogP contribution in [-0.2, 0) is 0 Å². The zero-order chi connectivity index (χ0) is 18.4. The zero-order valence-electron chi connectivity index (χ0n) is 15.4. The van der Waals surface area contributed by atoms with Crippen LogP contribution in [0.25, 0.3) is 0 Å². The minimum atomic E-state index is 0.0245. The average Bonchev–Trinajstić information content (AvgIpc) is 2.72. The van der Waals surface area contributed by atoms with E-state index in [0.717, 1.165) is 48.5 Å². The smallest absolute Gasteiger partial charge is 0.257 e. The molecule has 4 heteroatoms. The van der Waals surface area contributed by atoms with Gasteiger partial charge in [0.2, 0.25) is 0 Å². The molecule has 3 rings (SSSR count). The van der Waals surface area contributed by atoms with E-state index >= 15 is 0 Å². The number of hydrogen-bond donors (Lipinski definition) is 1. The first kappa shape index (κ1) is 17.9. The number of allylic oxidation sites excluding steroid dienone is 2. The van der Waals surface area contributed by atoms with E-state index in [2.05, 4.69) is 10.3 Å². The van der Waals surface area contributed by atoms with Gasteiger partial charge < -0.3 is 10.2 Å². The SMILES string of the molecule is CN=C(NC1=C(N(C)C(=O)c2ccccc2)CCCC1)c1ccccc1. The molecule has 0 aromatic heterocycles. The molecule has 1 amide bonds. The van der Waals surface area contributed by atoms with E-state index in [4.69, 9.17) is 0 Å². The monoisotopic (exact) mass is 347 g/mol. The van der Waals surface area contributed by atoms with Gasteiger partial charge in [-0.3, -0.25) is 9.79 Å². The van der Waals surface area contributed by atoms with Crippen molar-refractivity contribution >= 4 is 11.7 Å². The second kappa shape index (κ2) is 8.48. The summed E-state index contributed by atoms with van der Waals surface area (Å²) >= 11 is 0. The lowest BCUT2D eigenvalue weighted by molar-refractivity contribution is 0.0827. The van der Waals surface area contributed by atoms with Gasteiger partial charge in [-0.2, -0.15) is 0 Å². The molecule has 0 bridgehead atoms. The molecule has 26 heavy (non-hydrogen) atoms. The van der Waals surface area contributed by atoms with Crippen molar-refractivity contribution < 1.29 is 4.79 Å². The molecule has 134 valence electrons. The second-order valence-corrected chi connectivity index (χ2v) is 6.43. The Kier molecular flexibility index (Phi) is 5.84. The van der Waals surface area contributed by atoms with Crippen molar-refractivity contribution in [2.24, 2.45) is 4.99 Å². The molecule has 1 aliphatic rings. The first-order valence-electron chi connectivity index (χ1n) is 9.05. The van der Waals surface area contributed by atoms with Crippen LogP contribution < -0.4 is 5.32 Å². The van der Waals surface area contributed by atoms with E-state index in [1.807, 2.05) is 67.7 Å². The lowest BCUT2D eigenvalue weighted by Crippen LogP contribution is -2.33. The van der Waals surface area contributed by atoms with E-state index in [-0.39, 0.29) is 5.91 Å². The third-order valence-corrected chi connectivity index (χ3v) is 4.71. The van der Waals surface area contributed by atoms with Gasteiger partial charge in [-0.05, 0) is 37.8 Å². The highest BCUT2D eigenvalue weighted by atomic mass is 16.2. The van der Waals surface area contributed by atoms with E-state index in [9.17, 15) is 4.79 Å². The fourth-order valence-corrected chi connectivity index (χ4v) is 3.29. The first-order chi connectivity index (χ1) is 12.7. The number of nitrogens with zero attached hydrogens (tertiary/aromatic N) is 2. The highest BCUT2D eigenvalue weighted by Gasteiger charge is 2.22. The molecule has 2 aromatic carbocycles. The molecule has 0 fully saturated rings. The number of amidine groups is 1. The Morgan fingerprint density at radius 3 is 2.12 bits per heavy atom. The Labute approximate surface area is 155 Å². The van der Waals surface area contributed by atoms with Gasteiger partial charge in [0, 0.05) is 36.6 Å². The molecule has 0 spiro atoms. The fourth-order valence-electron chi connectivity index (χ4n) is 3.29. The maximum atomic E-state index is 12.8. The number of nitrogens with one attached hydrogen (secondary N) is 1. The summed E-state index contributed by atoms with van der Waals surface area (Å²) < 4.78 is 0. The molecule has 0 heterocycles. The minimum absolute atomic E-state index is 0.0245. The normalized spacial score (nSPS) is 14.9. The van der Waals surface area contributed by atoms with Crippen molar-refractivity contribution in [2.75, 3.05) is 14.1 Å². The van der Waals surface area contributed by atoms with E-state index in [1.54, 1.807) is 11.9 Å². The third kappa shape index (κ3) is 4.02. The van der Waals surface area contributed by atoms with E-state index < -0.39 is 0 Å². The highest BCUT2D eigenvalue weighted by Crippen LogP contribution is 2.26. The van der Waals surface area contributed by atoms with Gasteiger partial charge in [0.15, 0.2) is 0 Å². The molecule has 0 saturated carbocycles. The van der Waals surface area contributed by atoms with Gasteiger partial charge in [0.1, 0.15) is 5.84 Å². The number of amides is 1. The van der Waals surface area contributed by atoms with Crippen LogP contribution in [-0.4, -0.2) is 30.7 Å². The number of carbonyl (C=O) groups excluding carboxylic acids is 1. The third-order valence-electron chi connectivity index (χ3n) is 4.71. The van der Waals surface area contributed by atoms with Gasteiger partial charge in [0.05, 0.1) is 0 Å². The van der Waals surface area contributed by atoms with Crippen LogP contribution in [0.1, 0.15) is 41.6 Å². The van der Waals surface area contributed by atoms with Crippen LogP contribution in [0.2, 0.25) is 0 Å². The Morgan fingerprint density at radius 1 is 0.923 bits per heavy atom. The molecule has 0 saturated heterocycles. The Morgan fingerprint density at radius 2 is 1.50 bits per heavy atom. The molecule has 2 aromatic rings. The van der Waals surface area contributed by atoms with Crippen LogP contribution in [0.3, 0.4) is 0 Å². The summed E-state index contributed by atoms with van der Waals surface area (Å²) in [6.07, 6.45) is 4.03. The summed E-state index contributed by atoms with van der Waals surface area (Å²) in [7, 11) is 3.65. The molecule has 4 nitrogen and oxygen atoms in total. The number of benzene rings is 2. The van der Waals surface area contributed by atoms with Gasteiger partial charge >= 0.3 is 0 Å². The summed E-state index contributed by atoms with van der Waals surface area (Å²) in [6, 6.07) is 19.5. The van der Waals surface area contributed by atoms with Gasteiger partial charge in [-0.1, -0.05) is 48.5 Å². The van der Waals surface area contributed by atoms with Crippen molar-refractivity contribution in [3.63, 3.8) is 0 Å². The van der Waals surface area contributed by atoms with Crippen molar-refractivity contribution in [3.8, 4) is 0 Å². The van der Waals surface area contributed by atoms with Gasteiger partial charge in [-0.15, -0.1) is 0 Å². The molecule has 0 unspecified atom stereocenters. The summed E-state index contributed by atoms with van der Waals surface area (Å²) in [4.78, 5) is 19.1. The summed E-state index contributed by atoms with van der Waals surface area (Å²) in [5, 5.41) is 3.49. The van der Waals surface area contributed by atoms with Crippen LogP contribution in [0.5, 0.6) is 0 Å². The predicted octanol–water partition coefficient (Wildman–Crippen LogP) is 4.21. The van der Waals surface area contributed by atoms with Gasteiger partial charge in [0.25, 0.3) is 5.91 Å². The summed E-state index contributed by atoms with van der Waals surface area (Å²) in [5.74, 6) is 0.858. The molecule has 1 aliphatic carbocycles. The number of rotatable bonds is 4. The standard InChI is InChI=1S/C22H25N3O/c1-23-21(17-11-5-3-6-12-17)24-19-15-9-10-16-20(19)25(2)22(26)18-13-7-4-8-14-18/h3-8,11-14H,9-10,15-16H2,1-2H3,(H,23,24). The Hall–Kier alpha value is -2.88. The van der Waals surface area contributed by atoms with Crippen molar-refractivity contribution in [1.82, 2.24) is 10.2 Å². The number of aliphatic imine (C=N–C) groups is 1. The number of carbonyl (C=O) groups is 1. The van der Waals surface area contributed by atoms with Crippen molar-refractivity contribution in [3.05, 3.63) is 83.2 Å². The Bertz CT molecular complexity index is 810. The van der Waals surface area contributed by atoms with Gasteiger partial charge in [-0.25, -0.2) is 0 Å². The maximum Gasteiger partial charge on any atom is 0.257 e. The molecular weight excluding hydrogens is 322 g/mol. The molecule has 0 atom stereocenters. The minimum Gasteiger partial charge on any atom is -0.342 e. The predicted molar refractivity (Wildman–Crippen MR) is 106 cm³/mol. The molecule has 0 radical (unpaired) electrons. The maximum absolute atomic E-state index is 12.8.